The van der Waals surface area contributed by atoms with Crippen LogP contribution in [0.1, 0.15) is 40.4 Å². The van der Waals surface area contributed by atoms with Gasteiger partial charge in [-0.2, -0.15) is 44.6 Å². The van der Waals surface area contributed by atoms with Crippen molar-refractivity contribution in [3.63, 3.8) is 0 Å². The number of nitrogens with zero attached hydrogens (tertiary/aromatic N) is 8. The fourth-order valence-corrected chi connectivity index (χ4v) is 6.63. The summed E-state index contributed by atoms with van der Waals surface area (Å²) in [6, 6.07) is 14.0. The Morgan fingerprint density at radius 2 is 1.45 bits per heavy atom. The normalized spacial score (nSPS) is 15.1. The van der Waals surface area contributed by atoms with Crippen LogP contribution in [0.2, 0.25) is 0 Å². The molecule has 0 aliphatic carbocycles. The number of hydrogen-bond acceptors (Lipinski definition) is 10. The van der Waals surface area contributed by atoms with Gasteiger partial charge in [-0.25, -0.2) is 9.67 Å². The van der Waals surface area contributed by atoms with Crippen LogP contribution in [0, 0.1) is 0 Å². The molecule has 0 atom stereocenters. The number of aromatic nitrogens is 6. The third-order valence-corrected chi connectivity index (χ3v) is 9.31. The minimum Gasteiger partial charge on any atom is -0.374 e. The van der Waals surface area contributed by atoms with Crippen molar-refractivity contribution >= 4 is 39.6 Å². The van der Waals surface area contributed by atoms with Crippen LogP contribution in [-0.2, 0) is 28.7 Å². The van der Waals surface area contributed by atoms with Gasteiger partial charge in [-0.15, -0.1) is 10.2 Å². The molecule has 290 valence electrons. The topological polar surface area (TPSA) is 145 Å². The quantitative estimate of drug-likeness (QED) is 0.150. The van der Waals surface area contributed by atoms with E-state index >= 15 is 0 Å². The van der Waals surface area contributed by atoms with Crippen LogP contribution in [0.5, 0.6) is 0 Å². The van der Waals surface area contributed by atoms with Gasteiger partial charge < -0.3 is 15.2 Å². The summed E-state index contributed by atoms with van der Waals surface area (Å²) in [5.41, 5.74) is 6.82. The van der Waals surface area contributed by atoms with Crippen molar-refractivity contribution in [3.8, 4) is 21.9 Å². The summed E-state index contributed by atoms with van der Waals surface area (Å²) in [6.45, 7) is 2.95. The number of hydrogen-bond donors (Lipinski definition) is 1. The van der Waals surface area contributed by atoms with Crippen molar-refractivity contribution in [2.45, 2.75) is 44.3 Å². The number of anilines is 2. The maximum atomic E-state index is 14.1. The van der Waals surface area contributed by atoms with E-state index in [-0.39, 0.29) is 29.4 Å². The minimum atomic E-state index is -5.77. The summed E-state index contributed by atoms with van der Waals surface area (Å²) in [4.78, 5) is 41.5. The lowest BCUT2D eigenvalue weighted by Crippen LogP contribution is -2.39. The molecule has 12 nitrogen and oxygen atoms in total. The van der Waals surface area contributed by atoms with Crippen molar-refractivity contribution in [2.75, 3.05) is 30.3 Å². The fraction of sp³-hybridized carbons (Fsp3) is 0.303. The molecular weight excluding hydrogens is 773 g/mol. The first-order valence-electron chi connectivity index (χ1n) is 16.1. The van der Waals surface area contributed by atoms with E-state index in [0.717, 1.165) is 47.2 Å². The van der Waals surface area contributed by atoms with Gasteiger partial charge in [0.2, 0.25) is 5.13 Å². The zero-order chi connectivity index (χ0) is 39.9. The molecule has 1 fully saturated rings. The standard InChI is InChI=1S/C29H26F3N9OS.C4F6O2/c30-29(31,32)25-22-10-14-40(20-8-6-19(7-9-20)39-15-11-34-23(39)17-38-12-1-2-13-38)27(42)24(22)41(37-25)21-5-3-4-18(16-21)26-35-36-28(33)43-26;5-3(6,7)1(11)2(12)4(8,9)10/h3-9,11,15-16H,1-2,10,12-14,17H2,(H2,33,36);. The Kier molecular flexibility index (Phi) is 10.6. The van der Waals surface area contributed by atoms with Crippen LogP contribution in [0.3, 0.4) is 0 Å². The summed E-state index contributed by atoms with van der Waals surface area (Å²) >= 11 is 1.15. The summed E-state index contributed by atoms with van der Waals surface area (Å²) < 4.78 is 112. The number of nitrogen functional groups attached to an aromatic ring is 1. The Labute approximate surface area is 308 Å². The molecule has 2 aliphatic rings. The number of benzene rings is 2. The van der Waals surface area contributed by atoms with Gasteiger partial charge in [0.1, 0.15) is 16.5 Å². The molecule has 2 aromatic carbocycles. The highest BCUT2D eigenvalue weighted by molar-refractivity contribution is 7.18. The van der Waals surface area contributed by atoms with Gasteiger partial charge >= 0.3 is 30.1 Å². The molecule has 0 radical (unpaired) electrons. The second kappa shape index (κ2) is 14.9. The van der Waals surface area contributed by atoms with Gasteiger partial charge in [-0.05, 0) is 68.8 Å². The highest BCUT2D eigenvalue weighted by atomic mass is 32.1. The molecule has 5 aromatic rings. The van der Waals surface area contributed by atoms with Gasteiger partial charge in [0, 0.05) is 41.4 Å². The molecule has 1 amide bonds. The Bertz CT molecular complexity index is 2190. The van der Waals surface area contributed by atoms with E-state index in [1.165, 1.54) is 17.7 Å². The second-order valence-corrected chi connectivity index (χ2v) is 13.2. The number of carbonyl (C=O) groups excluding carboxylic acids is 3. The average molecular weight is 800 g/mol. The van der Waals surface area contributed by atoms with Gasteiger partial charge in [0.25, 0.3) is 5.91 Å². The maximum absolute atomic E-state index is 14.1. The number of rotatable bonds is 7. The summed E-state index contributed by atoms with van der Waals surface area (Å²) in [5.74, 6) is -6.44. The average Bonchev–Trinajstić information content (AvgIpc) is 3.95. The number of imidazole rings is 1. The highest BCUT2D eigenvalue weighted by Gasteiger charge is 2.54. The fourth-order valence-electron chi connectivity index (χ4n) is 6.02. The lowest BCUT2D eigenvalue weighted by Gasteiger charge is -2.28. The molecule has 0 spiro atoms. The van der Waals surface area contributed by atoms with Crippen LogP contribution < -0.4 is 10.6 Å². The molecule has 22 heteroatoms. The molecule has 2 aliphatic heterocycles. The minimum absolute atomic E-state index is 0.00575. The number of nitrogens with two attached hydrogens (primary N) is 1. The third-order valence-electron chi connectivity index (χ3n) is 8.51. The van der Waals surface area contributed by atoms with Crippen LogP contribution in [0.15, 0.2) is 60.9 Å². The monoisotopic (exact) mass is 799 g/mol. The molecular formula is C33H26F9N9O3S. The molecule has 2 N–H and O–H groups in total. The zero-order valence-corrected chi connectivity index (χ0v) is 28.7. The lowest BCUT2D eigenvalue weighted by atomic mass is 10.0. The third kappa shape index (κ3) is 8.38. The van der Waals surface area contributed by atoms with E-state index in [1.54, 1.807) is 30.5 Å². The maximum Gasteiger partial charge on any atom is 0.458 e. The molecule has 7 rings (SSSR count). The first-order valence-corrected chi connectivity index (χ1v) is 16.9. The lowest BCUT2D eigenvalue weighted by molar-refractivity contribution is -0.193. The van der Waals surface area contributed by atoms with Crippen molar-refractivity contribution < 1.29 is 53.9 Å². The number of carbonyl (C=O) groups is 3. The summed E-state index contributed by atoms with van der Waals surface area (Å²) in [5, 5.41) is 12.5. The zero-order valence-electron chi connectivity index (χ0n) is 27.9. The van der Waals surface area contributed by atoms with E-state index in [0.29, 0.717) is 21.9 Å². The van der Waals surface area contributed by atoms with Gasteiger partial charge in [0.15, 0.2) is 5.69 Å². The van der Waals surface area contributed by atoms with Crippen LogP contribution in [0.4, 0.5) is 50.3 Å². The van der Waals surface area contributed by atoms with Crippen LogP contribution in [0.25, 0.3) is 21.9 Å². The molecule has 55 heavy (non-hydrogen) atoms. The van der Waals surface area contributed by atoms with Crippen molar-refractivity contribution in [1.29, 1.82) is 0 Å². The van der Waals surface area contributed by atoms with E-state index in [4.69, 9.17) is 5.73 Å². The van der Waals surface area contributed by atoms with Crippen LogP contribution in [-0.4, -0.2) is 83.9 Å². The molecule has 1 saturated heterocycles. The highest BCUT2D eigenvalue weighted by Crippen LogP contribution is 2.38. The Morgan fingerprint density at radius 1 is 0.818 bits per heavy atom. The van der Waals surface area contributed by atoms with Crippen molar-refractivity contribution in [3.05, 3.63) is 83.7 Å². The molecule has 0 unspecified atom stereocenters. The Hall–Kier alpha value is -5.64. The number of fused-ring (bicyclic) bond motifs is 1. The Balaban J connectivity index is 0.000000372. The molecule has 3 aromatic heterocycles. The van der Waals surface area contributed by atoms with Gasteiger partial charge in [-0.3, -0.25) is 19.3 Å². The van der Waals surface area contributed by atoms with Gasteiger partial charge in [0.05, 0.1) is 12.2 Å². The second-order valence-electron chi connectivity index (χ2n) is 12.2. The first kappa shape index (κ1) is 39.1. The number of alkyl halides is 9. The number of likely N-dealkylation sites (tertiary alicyclic amines) is 1. The number of halogens is 9. The van der Waals surface area contributed by atoms with Gasteiger partial charge in [-0.1, -0.05) is 23.5 Å². The molecule has 0 bridgehead atoms. The number of ketones is 2. The molecule has 5 heterocycles. The molecule has 0 saturated carbocycles. The largest absolute Gasteiger partial charge is 0.458 e. The number of Topliss-reactive ketones (excluding diaryl/α,β-unsaturated/α-hetero) is 2. The van der Waals surface area contributed by atoms with E-state index in [9.17, 15) is 53.9 Å². The van der Waals surface area contributed by atoms with Crippen molar-refractivity contribution in [1.82, 2.24) is 34.4 Å². The predicted octanol–water partition coefficient (Wildman–Crippen LogP) is 6.23. The summed E-state index contributed by atoms with van der Waals surface area (Å²) in [6.07, 6.45) is -10.2. The Morgan fingerprint density at radius 3 is 2.04 bits per heavy atom. The predicted molar refractivity (Wildman–Crippen MR) is 177 cm³/mol. The number of amides is 1. The SMILES string of the molecule is Nc1nnc(-c2cccc(-n3nc(C(F)(F)F)c4c3C(=O)N(c3ccc(-n5ccnc5CN5CCCC5)cc3)CC4)c2)s1.O=C(C(=O)C(F)(F)F)C(F)(F)F. The van der Waals surface area contributed by atoms with E-state index in [1.807, 2.05) is 35.0 Å². The summed E-state index contributed by atoms with van der Waals surface area (Å²) in [7, 11) is 0. The van der Waals surface area contributed by atoms with Crippen LogP contribution >= 0.6 is 11.3 Å². The smallest absolute Gasteiger partial charge is 0.374 e. The first-order chi connectivity index (χ1) is 25.8. The van der Waals surface area contributed by atoms with Crippen molar-refractivity contribution in [2.24, 2.45) is 0 Å². The van der Waals surface area contributed by atoms with E-state index < -0.39 is 41.7 Å². The van der Waals surface area contributed by atoms with E-state index in [2.05, 4.69) is 25.2 Å².